The van der Waals surface area contributed by atoms with Gasteiger partial charge in [0, 0.05) is 17.2 Å². The van der Waals surface area contributed by atoms with Gasteiger partial charge in [-0.1, -0.05) is 0 Å². The van der Waals surface area contributed by atoms with Gasteiger partial charge in [-0.25, -0.2) is 9.97 Å². The van der Waals surface area contributed by atoms with Gasteiger partial charge in [-0.3, -0.25) is 0 Å². The van der Waals surface area contributed by atoms with Crippen molar-refractivity contribution in [1.29, 1.82) is 0 Å². The number of fused-ring (bicyclic) bond motifs is 1. The first-order chi connectivity index (χ1) is 7.31. The van der Waals surface area contributed by atoms with Crippen molar-refractivity contribution >= 4 is 39.1 Å². The zero-order chi connectivity index (χ0) is 10.7. The third kappa shape index (κ3) is 2.41. The van der Waals surface area contributed by atoms with E-state index >= 15 is 0 Å². The molecule has 0 atom stereocenters. The van der Waals surface area contributed by atoms with E-state index in [1.807, 2.05) is 11.8 Å². The average Bonchev–Trinajstić information content (AvgIpc) is 2.59. The van der Waals surface area contributed by atoms with Crippen LogP contribution in [0.2, 0.25) is 0 Å². The molecule has 3 nitrogen and oxygen atoms in total. The van der Waals surface area contributed by atoms with Gasteiger partial charge in [0.15, 0.2) is 0 Å². The Morgan fingerprint density at radius 1 is 1.47 bits per heavy atom. The first-order valence-electron chi connectivity index (χ1n) is 4.75. The van der Waals surface area contributed by atoms with E-state index in [-0.39, 0.29) is 0 Å². The molecule has 0 saturated carbocycles. The Labute approximate surface area is 97.3 Å². The van der Waals surface area contributed by atoms with Crippen LogP contribution in [0.1, 0.15) is 4.88 Å². The molecule has 2 aromatic heterocycles. The molecular weight excluding hydrogens is 226 g/mol. The van der Waals surface area contributed by atoms with E-state index in [1.54, 1.807) is 17.7 Å². The Hall–Kier alpha value is -0.810. The summed E-state index contributed by atoms with van der Waals surface area (Å²) in [6, 6.07) is 2.14. The minimum Gasteiger partial charge on any atom is -0.369 e. The Morgan fingerprint density at radius 2 is 2.33 bits per heavy atom. The number of anilines is 1. The van der Waals surface area contributed by atoms with Crippen molar-refractivity contribution in [2.45, 2.75) is 6.92 Å². The molecule has 0 fully saturated rings. The van der Waals surface area contributed by atoms with Crippen LogP contribution in [-0.2, 0) is 0 Å². The molecule has 0 aliphatic heterocycles. The van der Waals surface area contributed by atoms with Crippen LogP contribution in [-0.4, -0.2) is 28.5 Å². The summed E-state index contributed by atoms with van der Waals surface area (Å²) in [5.74, 6) is 2.05. The molecule has 2 heterocycles. The molecule has 0 amide bonds. The lowest BCUT2D eigenvalue weighted by Crippen LogP contribution is -2.05. The first kappa shape index (κ1) is 10.7. The molecule has 0 bridgehead atoms. The average molecular weight is 239 g/mol. The second-order valence-corrected chi connectivity index (χ2v) is 5.44. The van der Waals surface area contributed by atoms with Gasteiger partial charge >= 0.3 is 0 Å². The van der Waals surface area contributed by atoms with Crippen LogP contribution < -0.4 is 5.32 Å². The van der Waals surface area contributed by atoms with E-state index in [0.29, 0.717) is 0 Å². The second kappa shape index (κ2) is 4.81. The molecule has 0 aromatic carbocycles. The highest BCUT2D eigenvalue weighted by Gasteiger charge is 2.05. The van der Waals surface area contributed by atoms with Gasteiger partial charge < -0.3 is 5.32 Å². The number of aromatic nitrogens is 2. The van der Waals surface area contributed by atoms with E-state index in [1.165, 1.54) is 4.88 Å². The molecule has 0 radical (unpaired) electrons. The normalized spacial score (nSPS) is 10.8. The number of thiophene rings is 1. The van der Waals surface area contributed by atoms with Crippen molar-refractivity contribution in [1.82, 2.24) is 9.97 Å². The van der Waals surface area contributed by atoms with Gasteiger partial charge in [0.2, 0.25) is 0 Å². The van der Waals surface area contributed by atoms with Crippen molar-refractivity contribution in [3.8, 4) is 0 Å². The molecule has 0 unspecified atom stereocenters. The molecule has 1 N–H and O–H groups in total. The third-order valence-corrected chi connectivity index (χ3v) is 3.62. The van der Waals surface area contributed by atoms with Crippen LogP contribution in [0.15, 0.2) is 12.4 Å². The number of thioether (sulfide) groups is 1. The van der Waals surface area contributed by atoms with Gasteiger partial charge in [-0.05, 0) is 19.2 Å². The predicted octanol–water partition coefficient (Wildman–Crippen LogP) is 2.77. The standard InChI is InChI=1S/C10H13N3S2/c1-7-5-8-9(11-3-4-14-2)12-6-13-10(8)15-7/h5-6H,3-4H2,1-2H3,(H,11,12,13). The summed E-state index contributed by atoms with van der Waals surface area (Å²) in [6.07, 6.45) is 3.73. The lowest BCUT2D eigenvalue weighted by molar-refractivity contribution is 1.15. The summed E-state index contributed by atoms with van der Waals surface area (Å²) < 4.78 is 0. The molecule has 0 spiro atoms. The smallest absolute Gasteiger partial charge is 0.138 e. The number of nitrogens with one attached hydrogen (secondary N) is 1. The molecule has 0 aliphatic carbocycles. The number of rotatable bonds is 4. The lowest BCUT2D eigenvalue weighted by Gasteiger charge is -2.04. The van der Waals surface area contributed by atoms with Crippen molar-refractivity contribution in [2.24, 2.45) is 0 Å². The van der Waals surface area contributed by atoms with E-state index in [4.69, 9.17) is 0 Å². The van der Waals surface area contributed by atoms with Gasteiger partial charge in [-0.2, -0.15) is 11.8 Å². The molecule has 2 aromatic rings. The number of hydrogen-bond donors (Lipinski definition) is 1. The summed E-state index contributed by atoms with van der Waals surface area (Å²) in [6.45, 7) is 3.04. The van der Waals surface area contributed by atoms with Gasteiger partial charge in [0.1, 0.15) is 17.0 Å². The van der Waals surface area contributed by atoms with E-state index in [9.17, 15) is 0 Å². The van der Waals surface area contributed by atoms with Crippen LogP contribution in [0.3, 0.4) is 0 Å². The van der Waals surface area contributed by atoms with Crippen LogP contribution in [0.25, 0.3) is 10.2 Å². The molecular formula is C10H13N3S2. The highest BCUT2D eigenvalue weighted by molar-refractivity contribution is 7.98. The lowest BCUT2D eigenvalue weighted by atomic mass is 10.3. The van der Waals surface area contributed by atoms with Crippen LogP contribution in [0.4, 0.5) is 5.82 Å². The fourth-order valence-electron chi connectivity index (χ4n) is 1.39. The van der Waals surface area contributed by atoms with Crippen molar-refractivity contribution < 1.29 is 0 Å². The molecule has 5 heteroatoms. The Balaban J connectivity index is 2.25. The molecule has 15 heavy (non-hydrogen) atoms. The minimum absolute atomic E-state index is 0.947. The number of nitrogens with zero attached hydrogens (tertiary/aromatic N) is 2. The predicted molar refractivity (Wildman–Crippen MR) is 69.0 cm³/mol. The Kier molecular flexibility index (Phi) is 3.43. The van der Waals surface area contributed by atoms with Crippen molar-refractivity contribution in [3.63, 3.8) is 0 Å². The Bertz CT molecular complexity index is 453. The Morgan fingerprint density at radius 3 is 3.13 bits per heavy atom. The fraction of sp³-hybridized carbons (Fsp3) is 0.400. The monoisotopic (exact) mass is 239 g/mol. The summed E-state index contributed by atoms with van der Waals surface area (Å²) in [5, 5.41) is 4.48. The van der Waals surface area contributed by atoms with Crippen molar-refractivity contribution in [3.05, 3.63) is 17.3 Å². The van der Waals surface area contributed by atoms with E-state index in [2.05, 4.69) is 34.5 Å². The summed E-state index contributed by atoms with van der Waals surface area (Å²) in [5.41, 5.74) is 0. The zero-order valence-corrected chi connectivity index (χ0v) is 10.4. The SMILES string of the molecule is CSCCNc1ncnc2sc(C)cc12. The second-order valence-electron chi connectivity index (χ2n) is 3.22. The van der Waals surface area contributed by atoms with E-state index in [0.717, 1.165) is 28.3 Å². The highest BCUT2D eigenvalue weighted by atomic mass is 32.2. The van der Waals surface area contributed by atoms with Crippen LogP contribution >= 0.6 is 23.1 Å². The maximum atomic E-state index is 4.27. The molecule has 2 rings (SSSR count). The maximum Gasteiger partial charge on any atom is 0.138 e. The van der Waals surface area contributed by atoms with Crippen molar-refractivity contribution in [2.75, 3.05) is 23.9 Å². The topological polar surface area (TPSA) is 37.8 Å². The largest absolute Gasteiger partial charge is 0.369 e. The van der Waals surface area contributed by atoms with Crippen LogP contribution in [0.5, 0.6) is 0 Å². The number of aryl methyl sites for hydroxylation is 1. The zero-order valence-electron chi connectivity index (χ0n) is 8.78. The molecule has 0 aliphatic rings. The van der Waals surface area contributed by atoms with Gasteiger partial charge in [-0.15, -0.1) is 11.3 Å². The quantitative estimate of drug-likeness (QED) is 0.833. The van der Waals surface area contributed by atoms with Gasteiger partial charge in [0.05, 0.1) is 5.39 Å². The summed E-state index contributed by atoms with van der Waals surface area (Å²) >= 11 is 3.54. The van der Waals surface area contributed by atoms with Gasteiger partial charge in [0.25, 0.3) is 0 Å². The summed E-state index contributed by atoms with van der Waals surface area (Å²) in [4.78, 5) is 10.9. The number of hydrogen-bond acceptors (Lipinski definition) is 5. The molecule has 0 saturated heterocycles. The molecule has 80 valence electrons. The minimum atomic E-state index is 0.947. The maximum absolute atomic E-state index is 4.27. The summed E-state index contributed by atoms with van der Waals surface area (Å²) in [7, 11) is 0. The first-order valence-corrected chi connectivity index (χ1v) is 6.96. The fourth-order valence-corrected chi connectivity index (χ4v) is 2.54. The van der Waals surface area contributed by atoms with Crippen LogP contribution in [0, 0.1) is 6.92 Å². The highest BCUT2D eigenvalue weighted by Crippen LogP contribution is 2.27. The third-order valence-electron chi connectivity index (χ3n) is 2.05. The van der Waals surface area contributed by atoms with E-state index < -0.39 is 0 Å².